The minimum Gasteiger partial charge on any atom is -0.478 e. The lowest BCUT2D eigenvalue weighted by molar-refractivity contribution is 0.0199. The lowest BCUT2D eigenvalue weighted by Crippen LogP contribution is -2.28. The zero-order valence-electron chi connectivity index (χ0n) is 10.6. The van der Waals surface area contributed by atoms with E-state index in [4.69, 9.17) is 5.11 Å². The van der Waals surface area contributed by atoms with Crippen molar-refractivity contribution < 1.29 is 31.8 Å². The SMILES string of the molecule is O=C(O)c1ccc(Br)c(S(=O)(=O)NCCOCC(F)F)c1. The molecule has 0 fully saturated rings. The topological polar surface area (TPSA) is 92.7 Å². The lowest BCUT2D eigenvalue weighted by Gasteiger charge is -2.09. The van der Waals surface area contributed by atoms with Gasteiger partial charge in [0.15, 0.2) is 0 Å². The highest BCUT2D eigenvalue weighted by Gasteiger charge is 2.19. The Hall–Kier alpha value is -1.10. The van der Waals surface area contributed by atoms with E-state index in [1.54, 1.807) is 0 Å². The second-order valence-corrected chi connectivity index (χ2v) is 6.40. The molecule has 2 N–H and O–H groups in total. The maximum atomic E-state index is 12.0. The number of aromatic carboxylic acids is 1. The highest BCUT2D eigenvalue weighted by Crippen LogP contribution is 2.23. The molecule has 0 aliphatic carbocycles. The van der Waals surface area contributed by atoms with Gasteiger partial charge in [-0.25, -0.2) is 26.7 Å². The summed E-state index contributed by atoms with van der Waals surface area (Å²) in [5.41, 5.74) is -0.187. The smallest absolute Gasteiger partial charge is 0.335 e. The molecule has 118 valence electrons. The summed E-state index contributed by atoms with van der Waals surface area (Å²) in [6, 6.07) is 3.54. The highest BCUT2D eigenvalue weighted by molar-refractivity contribution is 9.10. The molecule has 0 spiro atoms. The fraction of sp³-hybridized carbons (Fsp3) is 0.364. The number of rotatable bonds is 8. The number of halogens is 3. The number of carbonyl (C=O) groups is 1. The number of nitrogens with one attached hydrogen (secondary N) is 1. The molecule has 1 rings (SSSR count). The number of carboxylic acid groups (broad SMARTS) is 1. The van der Waals surface area contributed by atoms with Crippen molar-refractivity contribution in [3.8, 4) is 0 Å². The first-order chi connectivity index (χ1) is 9.74. The van der Waals surface area contributed by atoms with Crippen LogP contribution in [-0.4, -0.2) is 45.7 Å². The summed E-state index contributed by atoms with van der Waals surface area (Å²) in [5.74, 6) is -1.26. The number of sulfonamides is 1. The van der Waals surface area contributed by atoms with Gasteiger partial charge in [-0.05, 0) is 34.1 Å². The Balaban J connectivity index is 2.74. The number of benzene rings is 1. The third-order valence-electron chi connectivity index (χ3n) is 2.25. The van der Waals surface area contributed by atoms with Crippen LogP contribution in [0.25, 0.3) is 0 Å². The number of hydrogen-bond donors (Lipinski definition) is 2. The summed E-state index contributed by atoms with van der Waals surface area (Å²) >= 11 is 3.01. The molecule has 1 aromatic rings. The van der Waals surface area contributed by atoms with Crippen LogP contribution in [0.5, 0.6) is 0 Å². The van der Waals surface area contributed by atoms with Gasteiger partial charge in [0, 0.05) is 11.0 Å². The number of hydrogen-bond acceptors (Lipinski definition) is 4. The molecule has 0 aliphatic heterocycles. The van der Waals surface area contributed by atoms with Crippen molar-refractivity contribution in [2.45, 2.75) is 11.3 Å². The van der Waals surface area contributed by atoms with Gasteiger partial charge in [0.2, 0.25) is 10.0 Å². The van der Waals surface area contributed by atoms with Gasteiger partial charge >= 0.3 is 5.97 Å². The van der Waals surface area contributed by atoms with Crippen LogP contribution in [-0.2, 0) is 14.8 Å². The fourth-order valence-corrected chi connectivity index (χ4v) is 3.34. The van der Waals surface area contributed by atoms with E-state index in [0.29, 0.717) is 0 Å². The average molecular weight is 388 g/mol. The van der Waals surface area contributed by atoms with E-state index >= 15 is 0 Å². The average Bonchev–Trinajstić information content (AvgIpc) is 2.37. The van der Waals surface area contributed by atoms with E-state index in [1.807, 2.05) is 0 Å². The van der Waals surface area contributed by atoms with Crippen LogP contribution in [0.1, 0.15) is 10.4 Å². The summed E-state index contributed by atoms with van der Waals surface area (Å²) in [4.78, 5) is 10.6. The summed E-state index contributed by atoms with van der Waals surface area (Å²) in [6.45, 7) is -1.21. The normalized spacial score (nSPS) is 11.8. The van der Waals surface area contributed by atoms with Crippen LogP contribution in [0.15, 0.2) is 27.6 Å². The van der Waals surface area contributed by atoms with Gasteiger partial charge in [0.1, 0.15) is 6.61 Å². The van der Waals surface area contributed by atoms with Crippen molar-refractivity contribution in [1.29, 1.82) is 0 Å². The van der Waals surface area contributed by atoms with Crippen molar-refractivity contribution in [2.24, 2.45) is 0 Å². The number of ether oxygens (including phenoxy) is 1. The van der Waals surface area contributed by atoms with Crippen LogP contribution in [0.4, 0.5) is 8.78 Å². The van der Waals surface area contributed by atoms with E-state index < -0.39 is 29.0 Å². The standard InChI is InChI=1S/C11H12BrF2NO5S/c12-8-2-1-7(11(16)17)5-9(8)21(18,19)15-3-4-20-6-10(13)14/h1-2,5,10,15H,3-4,6H2,(H,16,17). The van der Waals surface area contributed by atoms with Gasteiger partial charge in [0.05, 0.1) is 17.1 Å². The molecule has 0 amide bonds. The molecule has 0 radical (unpaired) electrons. The number of carboxylic acids is 1. The van der Waals surface area contributed by atoms with Gasteiger partial charge in [-0.2, -0.15) is 0 Å². The zero-order valence-corrected chi connectivity index (χ0v) is 13.0. The Kier molecular flexibility index (Phi) is 6.65. The van der Waals surface area contributed by atoms with Crippen LogP contribution in [0.2, 0.25) is 0 Å². The third-order valence-corrected chi connectivity index (χ3v) is 4.70. The monoisotopic (exact) mass is 387 g/mol. The summed E-state index contributed by atoms with van der Waals surface area (Å²) in [7, 11) is -3.98. The number of alkyl halides is 2. The van der Waals surface area contributed by atoms with Gasteiger partial charge in [0.25, 0.3) is 6.43 Å². The van der Waals surface area contributed by atoms with Gasteiger partial charge in [-0.3, -0.25) is 0 Å². The molecule has 0 aromatic heterocycles. The van der Waals surface area contributed by atoms with E-state index in [-0.39, 0.29) is 28.1 Å². The minimum absolute atomic E-state index is 0.187. The molecule has 10 heteroatoms. The van der Waals surface area contributed by atoms with Crippen molar-refractivity contribution in [3.63, 3.8) is 0 Å². The summed E-state index contributed by atoms with van der Waals surface area (Å²) < 4.78 is 54.5. The molecule has 0 heterocycles. The molecule has 0 atom stereocenters. The molecule has 1 aromatic carbocycles. The van der Waals surface area contributed by atoms with Crippen molar-refractivity contribution >= 4 is 31.9 Å². The molecule has 0 aliphatic rings. The molecule has 0 bridgehead atoms. The van der Waals surface area contributed by atoms with Crippen LogP contribution < -0.4 is 4.72 Å². The van der Waals surface area contributed by atoms with Gasteiger partial charge < -0.3 is 9.84 Å². The molecule has 0 saturated heterocycles. The molecular formula is C11H12BrF2NO5S. The molecule has 6 nitrogen and oxygen atoms in total. The van der Waals surface area contributed by atoms with Gasteiger partial charge in [-0.1, -0.05) is 0 Å². The van der Waals surface area contributed by atoms with E-state index in [0.717, 1.165) is 6.07 Å². The predicted molar refractivity (Wildman–Crippen MR) is 73.1 cm³/mol. The Bertz CT molecular complexity index is 609. The Labute approximate surface area is 128 Å². The molecular weight excluding hydrogens is 376 g/mol. The second kappa shape index (κ2) is 7.78. The lowest BCUT2D eigenvalue weighted by atomic mass is 10.2. The summed E-state index contributed by atoms with van der Waals surface area (Å²) in [5, 5.41) is 8.84. The third kappa shape index (κ3) is 5.65. The predicted octanol–water partition coefficient (Wildman–Crippen LogP) is 1.71. The maximum absolute atomic E-state index is 12.0. The van der Waals surface area contributed by atoms with E-state index in [2.05, 4.69) is 25.4 Å². The van der Waals surface area contributed by atoms with Gasteiger partial charge in [-0.15, -0.1) is 0 Å². The maximum Gasteiger partial charge on any atom is 0.335 e. The minimum atomic E-state index is -3.98. The molecule has 21 heavy (non-hydrogen) atoms. The first-order valence-corrected chi connectivity index (χ1v) is 7.90. The highest BCUT2D eigenvalue weighted by atomic mass is 79.9. The second-order valence-electron chi connectivity index (χ2n) is 3.81. The van der Waals surface area contributed by atoms with E-state index in [9.17, 15) is 22.0 Å². The van der Waals surface area contributed by atoms with Crippen LogP contribution in [0, 0.1) is 0 Å². The van der Waals surface area contributed by atoms with Crippen LogP contribution >= 0.6 is 15.9 Å². The largest absolute Gasteiger partial charge is 0.478 e. The fourth-order valence-electron chi connectivity index (χ4n) is 1.34. The Morgan fingerprint density at radius 1 is 1.43 bits per heavy atom. The van der Waals surface area contributed by atoms with Crippen molar-refractivity contribution in [2.75, 3.05) is 19.8 Å². The van der Waals surface area contributed by atoms with E-state index in [1.165, 1.54) is 12.1 Å². The molecule has 0 saturated carbocycles. The zero-order chi connectivity index (χ0) is 16.0. The quantitative estimate of drug-likeness (QED) is 0.662. The summed E-state index contributed by atoms with van der Waals surface area (Å²) in [6.07, 6.45) is -2.62. The van der Waals surface area contributed by atoms with Crippen molar-refractivity contribution in [1.82, 2.24) is 4.72 Å². The Morgan fingerprint density at radius 2 is 2.10 bits per heavy atom. The first-order valence-electron chi connectivity index (χ1n) is 5.62. The van der Waals surface area contributed by atoms with Crippen molar-refractivity contribution in [3.05, 3.63) is 28.2 Å². The Morgan fingerprint density at radius 3 is 2.67 bits per heavy atom. The molecule has 0 unspecified atom stereocenters. The first kappa shape index (κ1) is 18.0. The van der Waals surface area contributed by atoms with Crippen LogP contribution in [0.3, 0.4) is 0 Å².